The number of hydrogen-bond acceptors (Lipinski definition) is 4. The maximum atomic E-state index is 12.0. The van der Waals surface area contributed by atoms with Crippen LogP contribution in [0.25, 0.3) is 0 Å². The number of aliphatic carboxylic acids is 1. The molecule has 0 bridgehead atoms. The smallest absolute Gasteiger partial charge is 0.328 e. The molecule has 1 amide bonds. The minimum Gasteiger partial charge on any atom is -0.480 e. The molecule has 2 N–H and O–H groups in total. The van der Waals surface area contributed by atoms with Crippen LogP contribution >= 0.6 is 0 Å². The minimum atomic E-state index is -1.12. The summed E-state index contributed by atoms with van der Waals surface area (Å²) >= 11 is 0. The van der Waals surface area contributed by atoms with Crippen LogP contribution in [0.15, 0.2) is 24.3 Å². The maximum absolute atomic E-state index is 12.0. The summed E-state index contributed by atoms with van der Waals surface area (Å²) in [4.78, 5) is 25.1. The molecule has 0 radical (unpaired) electrons. The molecule has 21 heavy (non-hydrogen) atoms. The number of hydrogen-bond donors (Lipinski definition) is 2. The average Bonchev–Trinajstić information content (AvgIpc) is 2.48. The number of carbonyl (C=O) groups is 2. The first-order chi connectivity index (χ1) is 10.0. The Hall–Kier alpha value is -2.08. The van der Waals surface area contributed by atoms with Gasteiger partial charge in [-0.25, -0.2) is 4.79 Å². The van der Waals surface area contributed by atoms with Crippen molar-refractivity contribution in [3.05, 3.63) is 29.8 Å². The topological polar surface area (TPSA) is 78.9 Å². The van der Waals surface area contributed by atoms with Crippen molar-refractivity contribution in [1.29, 1.82) is 0 Å². The van der Waals surface area contributed by atoms with Crippen LogP contribution in [-0.2, 0) is 9.53 Å². The monoisotopic (exact) mass is 294 g/mol. The number of carbonyl (C=O) groups excluding carboxylic acids is 1. The lowest BCUT2D eigenvalue weighted by molar-refractivity contribution is -0.140. The first kappa shape index (κ1) is 17.0. The van der Waals surface area contributed by atoms with Crippen LogP contribution in [0.1, 0.15) is 24.2 Å². The van der Waals surface area contributed by atoms with Gasteiger partial charge in [-0.1, -0.05) is 0 Å². The van der Waals surface area contributed by atoms with Gasteiger partial charge in [-0.3, -0.25) is 4.79 Å². The molecule has 0 aliphatic carbocycles. The lowest BCUT2D eigenvalue weighted by Crippen LogP contribution is -2.43. The molecule has 0 saturated heterocycles. The molecule has 1 aromatic carbocycles. The molecule has 0 fully saturated rings. The molecule has 1 aromatic rings. The molecule has 116 valence electrons. The van der Waals surface area contributed by atoms with Crippen molar-refractivity contribution < 1.29 is 19.4 Å². The zero-order valence-electron chi connectivity index (χ0n) is 12.6. The van der Waals surface area contributed by atoms with E-state index in [1.54, 1.807) is 12.1 Å². The van der Waals surface area contributed by atoms with Gasteiger partial charge in [0.25, 0.3) is 5.91 Å². The number of amides is 1. The summed E-state index contributed by atoms with van der Waals surface area (Å²) in [5, 5.41) is 11.4. The molecule has 0 aliphatic rings. The van der Waals surface area contributed by atoms with E-state index < -0.39 is 17.9 Å². The fourth-order valence-electron chi connectivity index (χ4n) is 2.00. The number of methoxy groups -OCH3 is 1. The fourth-order valence-corrected chi connectivity index (χ4v) is 2.00. The van der Waals surface area contributed by atoms with E-state index in [1.165, 1.54) is 7.11 Å². The quantitative estimate of drug-likeness (QED) is 0.757. The van der Waals surface area contributed by atoms with Crippen LogP contribution in [0.5, 0.6) is 0 Å². The van der Waals surface area contributed by atoms with E-state index in [9.17, 15) is 9.59 Å². The Labute approximate surface area is 124 Å². The Bertz CT molecular complexity index is 469. The summed E-state index contributed by atoms with van der Waals surface area (Å²) in [5.74, 6) is -1.55. The SMILES string of the molecule is CCN(CC)c1ccc(C(=O)NC(COC)C(=O)O)cc1. The number of nitrogens with one attached hydrogen (secondary N) is 1. The van der Waals surface area contributed by atoms with Gasteiger partial charge in [0, 0.05) is 31.5 Å². The van der Waals surface area contributed by atoms with Crippen LogP contribution in [0.2, 0.25) is 0 Å². The molecule has 0 aromatic heterocycles. The van der Waals surface area contributed by atoms with Crippen LogP contribution in [0.3, 0.4) is 0 Å². The Morgan fingerprint density at radius 2 is 1.81 bits per heavy atom. The molecule has 0 aliphatic heterocycles. The minimum absolute atomic E-state index is 0.0708. The predicted octanol–water partition coefficient (Wildman–Crippen LogP) is 1.36. The van der Waals surface area contributed by atoms with Crippen molar-refractivity contribution in [3.8, 4) is 0 Å². The normalized spacial score (nSPS) is 11.8. The third kappa shape index (κ3) is 4.75. The van der Waals surface area contributed by atoms with Crippen LogP contribution in [0, 0.1) is 0 Å². The van der Waals surface area contributed by atoms with Crippen molar-refractivity contribution in [2.24, 2.45) is 0 Å². The number of benzene rings is 1. The Morgan fingerprint density at radius 3 is 2.24 bits per heavy atom. The molecular weight excluding hydrogens is 272 g/mol. The second-order valence-corrected chi connectivity index (χ2v) is 4.54. The molecule has 0 spiro atoms. The third-order valence-corrected chi connectivity index (χ3v) is 3.19. The number of rotatable bonds is 8. The second kappa shape index (κ2) is 8.26. The summed E-state index contributed by atoms with van der Waals surface area (Å²) in [5.41, 5.74) is 1.46. The van der Waals surface area contributed by atoms with E-state index in [2.05, 4.69) is 24.1 Å². The lowest BCUT2D eigenvalue weighted by atomic mass is 10.1. The Kier molecular flexibility index (Phi) is 6.68. The van der Waals surface area contributed by atoms with Gasteiger partial charge in [0.15, 0.2) is 6.04 Å². The van der Waals surface area contributed by atoms with Crippen molar-refractivity contribution >= 4 is 17.6 Å². The zero-order chi connectivity index (χ0) is 15.8. The second-order valence-electron chi connectivity index (χ2n) is 4.54. The van der Waals surface area contributed by atoms with Gasteiger partial charge in [0.2, 0.25) is 0 Å². The summed E-state index contributed by atoms with van der Waals surface area (Å²) in [7, 11) is 1.39. The van der Waals surface area contributed by atoms with Gasteiger partial charge in [-0.05, 0) is 38.1 Å². The van der Waals surface area contributed by atoms with E-state index in [0.717, 1.165) is 18.8 Å². The molecule has 1 rings (SSSR count). The summed E-state index contributed by atoms with van der Waals surface area (Å²) in [6.45, 7) is 5.82. The third-order valence-electron chi connectivity index (χ3n) is 3.19. The standard InChI is InChI=1S/C15H22N2O4/c1-4-17(5-2)12-8-6-11(7-9-12)14(18)16-13(10-21-3)15(19)20/h6-9,13H,4-5,10H2,1-3H3,(H,16,18)(H,19,20). The highest BCUT2D eigenvalue weighted by Gasteiger charge is 2.20. The Balaban J connectivity index is 2.77. The van der Waals surface area contributed by atoms with Gasteiger partial charge < -0.3 is 20.1 Å². The summed E-state index contributed by atoms with van der Waals surface area (Å²) in [6.07, 6.45) is 0. The van der Waals surface area contributed by atoms with E-state index in [0.29, 0.717) is 5.56 Å². The highest BCUT2D eigenvalue weighted by Crippen LogP contribution is 2.14. The molecule has 6 nitrogen and oxygen atoms in total. The molecule has 1 unspecified atom stereocenters. The van der Waals surface area contributed by atoms with Crippen molar-refractivity contribution in [3.63, 3.8) is 0 Å². The summed E-state index contributed by atoms with van der Waals surface area (Å²) < 4.78 is 4.78. The van der Waals surface area contributed by atoms with Gasteiger partial charge in [-0.15, -0.1) is 0 Å². The van der Waals surface area contributed by atoms with Gasteiger partial charge in [0.1, 0.15) is 0 Å². The van der Waals surface area contributed by atoms with Crippen LogP contribution < -0.4 is 10.2 Å². The molecule has 1 atom stereocenters. The van der Waals surface area contributed by atoms with Crippen LogP contribution in [-0.4, -0.2) is 49.8 Å². The Morgan fingerprint density at radius 1 is 1.24 bits per heavy atom. The molecule has 0 saturated carbocycles. The van der Waals surface area contributed by atoms with Gasteiger partial charge >= 0.3 is 5.97 Å². The average molecular weight is 294 g/mol. The zero-order valence-corrected chi connectivity index (χ0v) is 12.6. The number of anilines is 1. The van der Waals surface area contributed by atoms with Gasteiger partial charge in [0.05, 0.1) is 6.61 Å². The fraction of sp³-hybridized carbons (Fsp3) is 0.467. The molecular formula is C15H22N2O4. The highest BCUT2D eigenvalue weighted by atomic mass is 16.5. The number of nitrogens with zero attached hydrogens (tertiary/aromatic N) is 1. The first-order valence-corrected chi connectivity index (χ1v) is 6.91. The lowest BCUT2D eigenvalue weighted by Gasteiger charge is -2.21. The molecule has 6 heteroatoms. The van der Waals surface area contributed by atoms with Crippen molar-refractivity contribution in [2.75, 3.05) is 31.7 Å². The van der Waals surface area contributed by atoms with Gasteiger partial charge in [-0.2, -0.15) is 0 Å². The number of carboxylic acids is 1. The summed E-state index contributed by atoms with van der Waals surface area (Å²) in [6, 6.07) is 6.04. The van der Waals surface area contributed by atoms with E-state index >= 15 is 0 Å². The van der Waals surface area contributed by atoms with Crippen molar-refractivity contribution in [2.45, 2.75) is 19.9 Å². The predicted molar refractivity (Wildman–Crippen MR) is 80.8 cm³/mol. The van der Waals surface area contributed by atoms with Crippen LogP contribution in [0.4, 0.5) is 5.69 Å². The first-order valence-electron chi connectivity index (χ1n) is 6.91. The van der Waals surface area contributed by atoms with Crippen molar-refractivity contribution in [1.82, 2.24) is 5.32 Å². The largest absolute Gasteiger partial charge is 0.480 e. The highest BCUT2D eigenvalue weighted by molar-refractivity contribution is 5.96. The number of carboxylic acid groups (broad SMARTS) is 1. The van der Waals surface area contributed by atoms with E-state index in [4.69, 9.17) is 9.84 Å². The van der Waals surface area contributed by atoms with E-state index in [-0.39, 0.29) is 6.61 Å². The maximum Gasteiger partial charge on any atom is 0.328 e. The molecule has 0 heterocycles. The number of ether oxygens (including phenoxy) is 1. The van der Waals surface area contributed by atoms with E-state index in [1.807, 2.05) is 12.1 Å².